The summed E-state index contributed by atoms with van der Waals surface area (Å²) < 4.78 is 26.7. The number of benzene rings is 3. The molecule has 176 valence electrons. The van der Waals surface area contributed by atoms with Gasteiger partial charge in [-0.3, -0.25) is 14.5 Å². The average Bonchev–Trinajstić information content (AvgIpc) is 2.72. The van der Waals surface area contributed by atoms with Gasteiger partial charge in [-0.15, -0.1) is 0 Å². The molecule has 0 unspecified atom stereocenters. The first kappa shape index (κ1) is 24.2. The quantitative estimate of drug-likeness (QED) is 0.297. The number of anilines is 1. The average molecular weight is 589 g/mol. The fourth-order valence-corrected chi connectivity index (χ4v) is 5.84. The number of fused-ring (bicyclic) bond motifs is 1. The van der Waals surface area contributed by atoms with Crippen LogP contribution in [-0.4, -0.2) is 24.6 Å². The number of hydrogen-bond acceptors (Lipinski definition) is 4. The topological polar surface area (TPSA) is 112 Å². The third kappa shape index (κ3) is 5.10. The Bertz CT molecular complexity index is 1650. The molecule has 0 saturated carbocycles. The fourth-order valence-electron chi connectivity index (χ4n) is 3.85. The molecule has 34 heavy (non-hydrogen) atoms. The highest BCUT2D eigenvalue weighted by Crippen LogP contribution is 2.38. The highest BCUT2D eigenvalue weighted by Gasteiger charge is 2.22. The Morgan fingerprint density at radius 1 is 0.882 bits per heavy atom. The number of rotatable bonds is 4. The molecule has 0 aliphatic rings. The van der Waals surface area contributed by atoms with Gasteiger partial charge < -0.3 is 4.98 Å². The van der Waals surface area contributed by atoms with Gasteiger partial charge in [0.25, 0.3) is 5.56 Å². The predicted octanol–water partition coefficient (Wildman–Crippen LogP) is 4.82. The number of aromatic amines is 2. The lowest BCUT2D eigenvalue weighted by molar-refractivity contribution is 0.587. The van der Waals surface area contributed by atoms with E-state index >= 15 is 0 Å². The molecule has 7 nitrogen and oxygen atoms in total. The number of sulfonamides is 1. The molecule has 9 heteroatoms. The molecule has 0 bridgehead atoms. The van der Waals surface area contributed by atoms with Gasteiger partial charge in [0.05, 0.1) is 11.8 Å². The summed E-state index contributed by atoms with van der Waals surface area (Å²) >= 11 is 2.34. The van der Waals surface area contributed by atoms with Crippen LogP contribution in [0.3, 0.4) is 0 Å². The molecule has 3 aromatic carbocycles. The minimum Gasteiger partial charge on any atom is -0.313 e. The number of hydrogen-bond donors (Lipinski definition) is 3. The molecule has 0 saturated heterocycles. The van der Waals surface area contributed by atoms with Crippen molar-refractivity contribution in [2.24, 2.45) is 0 Å². The number of H-pyrrole nitrogens is 2. The van der Waals surface area contributed by atoms with Crippen LogP contribution in [0.25, 0.3) is 33.0 Å². The van der Waals surface area contributed by atoms with E-state index in [-0.39, 0.29) is 5.41 Å². The minimum absolute atomic E-state index is 0.181. The van der Waals surface area contributed by atoms with Crippen LogP contribution in [0, 0.1) is 3.57 Å². The summed E-state index contributed by atoms with van der Waals surface area (Å²) in [5.74, 6) is 0. The van der Waals surface area contributed by atoms with Crippen molar-refractivity contribution in [1.29, 1.82) is 0 Å². The predicted molar refractivity (Wildman–Crippen MR) is 146 cm³/mol. The van der Waals surface area contributed by atoms with Crippen LogP contribution in [0.2, 0.25) is 0 Å². The van der Waals surface area contributed by atoms with E-state index in [4.69, 9.17) is 0 Å². The summed E-state index contributed by atoms with van der Waals surface area (Å²) in [5.41, 5.74) is 3.45. The zero-order chi connectivity index (χ0) is 24.8. The van der Waals surface area contributed by atoms with Crippen LogP contribution in [0.4, 0.5) is 5.69 Å². The molecule has 4 rings (SSSR count). The van der Waals surface area contributed by atoms with Crippen LogP contribution in [-0.2, 0) is 15.4 Å². The maximum Gasteiger partial charge on any atom is 0.325 e. The molecule has 0 fully saturated rings. The largest absolute Gasteiger partial charge is 0.325 e. The molecule has 0 radical (unpaired) electrons. The van der Waals surface area contributed by atoms with Gasteiger partial charge in [-0.1, -0.05) is 39.0 Å². The summed E-state index contributed by atoms with van der Waals surface area (Å²) in [7, 11) is -3.36. The van der Waals surface area contributed by atoms with E-state index in [1.807, 2.05) is 36.4 Å². The van der Waals surface area contributed by atoms with E-state index in [1.54, 1.807) is 12.1 Å². The minimum atomic E-state index is -3.36. The third-order valence-electron chi connectivity index (χ3n) is 5.47. The molecule has 0 atom stereocenters. The monoisotopic (exact) mass is 589 g/mol. The van der Waals surface area contributed by atoms with E-state index in [9.17, 15) is 18.0 Å². The van der Waals surface area contributed by atoms with Crippen LogP contribution in [0.5, 0.6) is 0 Å². The van der Waals surface area contributed by atoms with Gasteiger partial charge >= 0.3 is 5.69 Å². The van der Waals surface area contributed by atoms with Gasteiger partial charge in [-0.2, -0.15) is 0 Å². The van der Waals surface area contributed by atoms with Gasteiger partial charge in [-0.25, -0.2) is 13.2 Å². The molecule has 0 spiro atoms. The van der Waals surface area contributed by atoms with E-state index in [0.717, 1.165) is 37.3 Å². The van der Waals surface area contributed by atoms with Gasteiger partial charge in [0, 0.05) is 15.5 Å². The molecular weight excluding hydrogens is 565 g/mol. The lowest BCUT2D eigenvalue weighted by Gasteiger charge is -2.24. The standard InChI is InChI=1S/C25H24IN3O4S/c1-25(2,3)21-12-17(20-13-27-24(31)28-23(20)30)11-19(22(21)26)16-6-5-15-10-18(29-34(4,32)33)8-7-14(15)9-16/h5-13,29H,1-4H3,(H2,27,28,30,31). The van der Waals surface area contributed by atoms with E-state index in [1.165, 1.54) is 6.20 Å². The number of aromatic nitrogens is 2. The van der Waals surface area contributed by atoms with Crippen molar-refractivity contribution < 1.29 is 8.42 Å². The lowest BCUT2D eigenvalue weighted by Crippen LogP contribution is -2.23. The van der Waals surface area contributed by atoms with Gasteiger partial charge in [0.1, 0.15) is 0 Å². The van der Waals surface area contributed by atoms with Crippen molar-refractivity contribution in [3.8, 4) is 22.3 Å². The molecule has 0 aliphatic carbocycles. The van der Waals surface area contributed by atoms with Crippen molar-refractivity contribution in [3.05, 3.63) is 84.7 Å². The maximum absolute atomic E-state index is 12.5. The maximum atomic E-state index is 12.5. The summed E-state index contributed by atoms with van der Waals surface area (Å²) in [6, 6.07) is 15.3. The van der Waals surface area contributed by atoms with Crippen LogP contribution in [0.15, 0.2) is 64.3 Å². The summed E-state index contributed by atoms with van der Waals surface area (Å²) in [5, 5.41) is 1.86. The molecule has 1 aromatic heterocycles. The first-order valence-corrected chi connectivity index (χ1v) is 13.5. The van der Waals surface area contributed by atoms with E-state index < -0.39 is 21.3 Å². The third-order valence-corrected chi connectivity index (χ3v) is 7.23. The highest BCUT2D eigenvalue weighted by molar-refractivity contribution is 14.1. The Balaban J connectivity index is 1.91. The van der Waals surface area contributed by atoms with Crippen molar-refractivity contribution in [1.82, 2.24) is 9.97 Å². The normalized spacial score (nSPS) is 12.1. The Morgan fingerprint density at radius 2 is 1.56 bits per heavy atom. The van der Waals surface area contributed by atoms with Crippen LogP contribution < -0.4 is 16.0 Å². The van der Waals surface area contributed by atoms with E-state index in [2.05, 4.69) is 58.1 Å². The molecule has 1 heterocycles. The number of halogens is 1. The Kier molecular flexibility index (Phi) is 6.19. The lowest BCUT2D eigenvalue weighted by atomic mass is 9.83. The van der Waals surface area contributed by atoms with Gasteiger partial charge in [0.2, 0.25) is 10.0 Å². The summed E-state index contributed by atoms with van der Waals surface area (Å²) in [4.78, 5) is 28.9. The zero-order valence-electron chi connectivity index (χ0n) is 19.1. The molecular formula is C25H24IN3O4S. The molecule has 4 aromatic rings. The van der Waals surface area contributed by atoms with Gasteiger partial charge in [0.15, 0.2) is 0 Å². The van der Waals surface area contributed by atoms with Gasteiger partial charge in [-0.05, 0) is 91.4 Å². The fraction of sp³-hybridized carbons (Fsp3) is 0.200. The molecule has 0 aliphatic heterocycles. The molecule has 3 N–H and O–H groups in total. The van der Waals surface area contributed by atoms with Crippen LogP contribution in [0.1, 0.15) is 26.3 Å². The van der Waals surface area contributed by atoms with Crippen molar-refractivity contribution in [2.45, 2.75) is 26.2 Å². The number of nitrogens with one attached hydrogen (secondary N) is 3. The Hall–Kier alpha value is -2.92. The highest BCUT2D eigenvalue weighted by atomic mass is 127. The second-order valence-corrected chi connectivity index (χ2v) is 12.1. The summed E-state index contributed by atoms with van der Waals surface area (Å²) in [6.45, 7) is 6.35. The SMILES string of the molecule is CC(C)(C)c1cc(-c2c[nH]c(=O)[nH]c2=O)cc(-c2ccc3cc(NS(C)(=O)=O)ccc3c2)c1I. The van der Waals surface area contributed by atoms with Crippen LogP contribution >= 0.6 is 22.6 Å². The van der Waals surface area contributed by atoms with Crippen molar-refractivity contribution in [3.63, 3.8) is 0 Å². The van der Waals surface area contributed by atoms with Crippen molar-refractivity contribution in [2.75, 3.05) is 11.0 Å². The first-order valence-electron chi connectivity index (χ1n) is 10.5. The second kappa shape index (κ2) is 8.70. The first-order chi connectivity index (χ1) is 15.8. The smallest absolute Gasteiger partial charge is 0.313 e. The zero-order valence-corrected chi connectivity index (χ0v) is 22.1. The summed E-state index contributed by atoms with van der Waals surface area (Å²) in [6.07, 6.45) is 2.56. The van der Waals surface area contributed by atoms with E-state index in [0.29, 0.717) is 16.8 Å². The molecule has 0 amide bonds. The van der Waals surface area contributed by atoms with Crippen molar-refractivity contribution >= 4 is 49.1 Å². The Labute approximate surface area is 210 Å². The second-order valence-electron chi connectivity index (χ2n) is 9.27. The Morgan fingerprint density at radius 3 is 2.21 bits per heavy atom.